The van der Waals surface area contributed by atoms with Crippen LogP contribution >= 0.6 is 0 Å². The van der Waals surface area contributed by atoms with Gasteiger partial charge in [-0.1, -0.05) is 18.6 Å². The summed E-state index contributed by atoms with van der Waals surface area (Å²) in [6, 6.07) is 0. The zero-order valence-corrected chi connectivity index (χ0v) is 9.95. The molecule has 1 heterocycles. The molecule has 0 aromatic rings. The summed E-state index contributed by atoms with van der Waals surface area (Å²) in [5, 5.41) is 9.50. The zero-order valence-electron chi connectivity index (χ0n) is 9.95. The van der Waals surface area contributed by atoms with Crippen molar-refractivity contribution in [1.82, 2.24) is 4.90 Å². The van der Waals surface area contributed by atoms with Crippen LogP contribution in [0.3, 0.4) is 0 Å². The van der Waals surface area contributed by atoms with E-state index in [1.54, 1.807) is 5.57 Å². The van der Waals surface area contributed by atoms with Gasteiger partial charge in [-0.25, -0.2) is 0 Å². The first-order valence-electron chi connectivity index (χ1n) is 6.24. The summed E-state index contributed by atoms with van der Waals surface area (Å²) in [4.78, 5) is 2.43. The summed E-state index contributed by atoms with van der Waals surface area (Å²) in [6.45, 7) is 7.76. The molecule has 0 aromatic heterocycles. The normalized spacial score (nSPS) is 38.1. The van der Waals surface area contributed by atoms with E-state index in [9.17, 15) is 5.11 Å². The topological polar surface area (TPSA) is 23.5 Å². The molecule has 2 rings (SSSR count). The second-order valence-electron chi connectivity index (χ2n) is 5.31. The molecule has 0 unspecified atom stereocenters. The highest BCUT2D eigenvalue weighted by molar-refractivity contribution is 5.09. The van der Waals surface area contributed by atoms with Gasteiger partial charge >= 0.3 is 0 Å². The standard InChI is InChI=1S/C13H23NO/c1-10-4-3-5-11(2)13(10)9-14-7-6-12(15)8-14/h4,11-13,15H,3,5-9H2,1-2H3/t11-,12-,13+/m1/s1. The summed E-state index contributed by atoms with van der Waals surface area (Å²) < 4.78 is 0. The fraction of sp³-hybridized carbons (Fsp3) is 0.846. The lowest BCUT2D eigenvalue weighted by atomic mass is 9.80. The Morgan fingerprint density at radius 1 is 1.47 bits per heavy atom. The van der Waals surface area contributed by atoms with Gasteiger partial charge in [0.25, 0.3) is 0 Å². The highest BCUT2D eigenvalue weighted by Gasteiger charge is 2.27. The number of likely N-dealkylation sites (tertiary alicyclic amines) is 1. The van der Waals surface area contributed by atoms with Gasteiger partial charge in [0, 0.05) is 19.6 Å². The number of aliphatic hydroxyl groups excluding tert-OH is 1. The molecule has 0 saturated carbocycles. The molecule has 2 nitrogen and oxygen atoms in total. The smallest absolute Gasteiger partial charge is 0.0679 e. The van der Waals surface area contributed by atoms with Crippen molar-refractivity contribution in [3.05, 3.63) is 11.6 Å². The zero-order chi connectivity index (χ0) is 10.8. The minimum atomic E-state index is -0.0758. The van der Waals surface area contributed by atoms with Gasteiger partial charge in [-0.15, -0.1) is 0 Å². The van der Waals surface area contributed by atoms with Crippen LogP contribution in [-0.4, -0.2) is 35.7 Å². The minimum absolute atomic E-state index is 0.0758. The second kappa shape index (κ2) is 4.67. The van der Waals surface area contributed by atoms with Crippen LogP contribution in [-0.2, 0) is 0 Å². The monoisotopic (exact) mass is 209 g/mol. The molecule has 1 saturated heterocycles. The lowest BCUT2D eigenvalue weighted by Crippen LogP contribution is -2.33. The molecule has 3 atom stereocenters. The predicted octanol–water partition coefficient (Wildman–Crippen LogP) is 2.05. The van der Waals surface area contributed by atoms with Crippen molar-refractivity contribution in [2.24, 2.45) is 11.8 Å². The van der Waals surface area contributed by atoms with Crippen molar-refractivity contribution < 1.29 is 5.11 Å². The van der Waals surface area contributed by atoms with Crippen molar-refractivity contribution in [3.63, 3.8) is 0 Å². The third-order valence-electron chi connectivity index (χ3n) is 4.06. The van der Waals surface area contributed by atoms with Crippen LogP contribution in [0.1, 0.15) is 33.1 Å². The molecule has 1 aliphatic carbocycles. The Hall–Kier alpha value is -0.340. The molecular weight excluding hydrogens is 186 g/mol. The van der Waals surface area contributed by atoms with Crippen LogP contribution in [0.15, 0.2) is 11.6 Å². The number of hydrogen-bond donors (Lipinski definition) is 1. The van der Waals surface area contributed by atoms with Crippen LogP contribution in [0.4, 0.5) is 0 Å². The van der Waals surface area contributed by atoms with Crippen LogP contribution in [0.2, 0.25) is 0 Å². The molecule has 15 heavy (non-hydrogen) atoms. The molecule has 0 bridgehead atoms. The van der Waals surface area contributed by atoms with Crippen molar-refractivity contribution in [2.45, 2.75) is 39.2 Å². The third-order valence-corrected chi connectivity index (χ3v) is 4.06. The Balaban J connectivity index is 1.92. The third kappa shape index (κ3) is 2.61. The van der Waals surface area contributed by atoms with Gasteiger partial charge in [0.05, 0.1) is 6.10 Å². The van der Waals surface area contributed by atoms with Gasteiger partial charge in [0.1, 0.15) is 0 Å². The molecule has 0 amide bonds. The Morgan fingerprint density at radius 2 is 2.27 bits per heavy atom. The lowest BCUT2D eigenvalue weighted by molar-refractivity contribution is 0.165. The Kier molecular flexibility index (Phi) is 3.47. The molecule has 2 heteroatoms. The molecule has 1 N–H and O–H groups in total. The number of allylic oxidation sites excluding steroid dienone is 1. The highest BCUT2D eigenvalue weighted by Crippen LogP contribution is 2.31. The molecule has 2 aliphatic rings. The Labute approximate surface area is 93.0 Å². The summed E-state index contributed by atoms with van der Waals surface area (Å²) >= 11 is 0. The van der Waals surface area contributed by atoms with Crippen molar-refractivity contribution in [2.75, 3.05) is 19.6 Å². The van der Waals surface area contributed by atoms with Crippen LogP contribution in [0.25, 0.3) is 0 Å². The van der Waals surface area contributed by atoms with E-state index in [2.05, 4.69) is 24.8 Å². The number of β-amino-alcohol motifs (C(OH)–C–C–N with tert-alkyl or cyclic N) is 1. The Bertz CT molecular complexity index is 249. The molecule has 1 fully saturated rings. The number of hydrogen-bond acceptors (Lipinski definition) is 2. The van der Waals surface area contributed by atoms with E-state index in [4.69, 9.17) is 0 Å². The lowest BCUT2D eigenvalue weighted by Gasteiger charge is -2.32. The number of aliphatic hydroxyl groups is 1. The van der Waals surface area contributed by atoms with Gasteiger partial charge in [-0.3, -0.25) is 0 Å². The van der Waals surface area contributed by atoms with Gasteiger partial charge in [0.15, 0.2) is 0 Å². The molecule has 0 radical (unpaired) electrons. The van der Waals surface area contributed by atoms with Crippen molar-refractivity contribution >= 4 is 0 Å². The van der Waals surface area contributed by atoms with E-state index < -0.39 is 0 Å². The average Bonchev–Trinajstić information content (AvgIpc) is 2.58. The van der Waals surface area contributed by atoms with E-state index in [0.717, 1.165) is 37.9 Å². The number of rotatable bonds is 2. The first-order valence-corrected chi connectivity index (χ1v) is 6.24. The van der Waals surface area contributed by atoms with Gasteiger partial charge < -0.3 is 10.0 Å². The maximum absolute atomic E-state index is 9.50. The molecular formula is C13H23NO. The van der Waals surface area contributed by atoms with E-state index in [-0.39, 0.29) is 6.10 Å². The fourth-order valence-electron chi connectivity index (χ4n) is 2.96. The first-order chi connectivity index (χ1) is 7.16. The second-order valence-corrected chi connectivity index (χ2v) is 5.31. The average molecular weight is 209 g/mol. The minimum Gasteiger partial charge on any atom is -0.392 e. The quantitative estimate of drug-likeness (QED) is 0.704. The molecule has 1 aliphatic heterocycles. The molecule has 0 aromatic carbocycles. The SMILES string of the molecule is CC1=CCC[C@@H](C)[C@H]1CN1CC[C@@H](O)C1. The van der Waals surface area contributed by atoms with Crippen LogP contribution in [0.5, 0.6) is 0 Å². The fourth-order valence-corrected chi connectivity index (χ4v) is 2.96. The van der Waals surface area contributed by atoms with E-state index in [1.807, 2.05) is 0 Å². The summed E-state index contributed by atoms with van der Waals surface area (Å²) in [5.41, 5.74) is 1.56. The van der Waals surface area contributed by atoms with E-state index in [0.29, 0.717) is 0 Å². The van der Waals surface area contributed by atoms with Gasteiger partial charge in [-0.2, -0.15) is 0 Å². The highest BCUT2D eigenvalue weighted by atomic mass is 16.3. The maximum Gasteiger partial charge on any atom is 0.0679 e. The van der Waals surface area contributed by atoms with Crippen molar-refractivity contribution in [3.8, 4) is 0 Å². The summed E-state index contributed by atoms with van der Waals surface area (Å²) in [6.07, 6.45) is 5.87. The van der Waals surface area contributed by atoms with Gasteiger partial charge in [-0.05, 0) is 38.0 Å². The van der Waals surface area contributed by atoms with Crippen LogP contribution in [0, 0.1) is 11.8 Å². The molecule has 86 valence electrons. The maximum atomic E-state index is 9.50. The first kappa shape index (κ1) is 11.2. The summed E-state index contributed by atoms with van der Waals surface area (Å²) in [5.74, 6) is 1.54. The number of nitrogens with zero attached hydrogens (tertiary/aromatic N) is 1. The van der Waals surface area contributed by atoms with Crippen molar-refractivity contribution in [1.29, 1.82) is 0 Å². The summed E-state index contributed by atoms with van der Waals surface area (Å²) in [7, 11) is 0. The Morgan fingerprint density at radius 3 is 2.87 bits per heavy atom. The van der Waals surface area contributed by atoms with Crippen LogP contribution < -0.4 is 0 Å². The van der Waals surface area contributed by atoms with E-state index >= 15 is 0 Å². The predicted molar refractivity (Wildman–Crippen MR) is 62.7 cm³/mol. The van der Waals surface area contributed by atoms with E-state index in [1.165, 1.54) is 12.8 Å². The molecule has 0 spiro atoms. The largest absolute Gasteiger partial charge is 0.392 e. The van der Waals surface area contributed by atoms with Gasteiger partial charge in [0.2, 0.25) is 0 Å².